The zero-order valence-corrected chi connectivity index (χ0v) is 11.5. The number of benzene rings is 1. The first kappa shape index (κ1) is 12.8. The molecule has 0 aliphatic heterocycles. The van der Waals surface area contributed by atoms with Crippen molar-refractivity contribution < 1.29 is 4.79 Å². The van der Waals surface area contributed by atoms with Gasteiger partial charge in [-0.15, -0.1) is 0 Å². The SMILES string of the molecule is Cc1cc(C)c(C(=O)Cn2ccsc2=O)cc1C. The fourth-order valence-corrected chi connectivity index (χ4v) is 2.49. The van der Waals surface area contributed by atoms with Crippen LogP contribution in [0.3, 0.4) is 0 Å². The summed E-state index contributed by atoms with van der Waals surface area (Å²) in [4.78, 5) is 23.5. The number of nitrogens with zero attached hydrogens (tertiary/aromatic N) is 1. The third-order valence-electron chi connectivity index (χ3n) is 3.10. The average molecular weight is 261 g/mol. The molecule has 0 N–H and O–H groups in total. The number of carbonyl (C=O) groups is 1. The number of Topliss-reactive ketones (excluding diaryl/α,β-unsaturated/α-hetero) is 1. The number of aryl methyl sites for hydroxylation is 3. The van der Waals surface area contributed by atoms with Gasteiger partial charge in [0.1, 0.15) is 0 Å². The van der Waals surface area contributed by atoms with E-state index < -0.39 is 0 Å². The minimum Gasteiger partial charge on any atom is -0.298 e. The first-order valence-electron chi connectivity index (χ1n) is 5.74. The fraction of sp³-hybridized carbons (Fsp3) is 0.286. The minimum absolute atomic E-state index is 0.0175. The summed E-state index contributed by atoms with van der Waals surface area (Å²) in [7, 11) is 0. The molecule has 0 fully saturated rings. The Morgan fingerprint density at radius 1 is 1.17 bits per heavy atom. The summed E-state index contributed by atoms with van der Waals surface area (Å²) in [5.41, 5.74) is 3.95. The van der Waals surface area contributed by atoms with Gasteiger partial charge in [-0.1, -0.05) is 17.4 Å². The van der Waals surface area contributed by atoms with Crippen LogP contribution in [0.1, 0.15) is 27.0 Å². The van der Waals surface area contributed by atoms with E-state index >= 15 is 0 Å². The van der Waals surface area contributed by atoms with Crippen LogP contribution in [0.15, 0.2) is 28.5 Å². The van der Waals surface area contributed by atoms with Crippen LogP contribution in [0.5, 0.6) is 0 Å². The van der Waals surface area contributed by atoms with E-state index in [0.29, 0.717) is 5.56 Å². The molecule has 0 bridgehead atoms. The van der Waals surface area contributed by atoms with Gasteiger partial charge in [-0.3, -0.25) is 14.2 Å². The molecule has 4 heteroatoms. The number of rotatable bonds is 3. The number of hydrogen-bond acceptors (Lipinski definition) is 3. The van der Waals surface area contributed by atoms with Gasteiger partial charge >= 0.3 is 4.87 Å². The summed E-state index contributed by atoms with van der Waals surface area (Å²) in [5.74, 6) is -0.0175. The molecule has 0 amide bonds. The molecular formula is C14H15NO2S. The highest BCUT2D eigenvalue weighted by Gasteiger charge is 2.12. The van der Waals surface area contributed by atoms with Gasteiger partial charge in [0.15, 0.2) is 5.78 Å². The van der Waals surface area contributed by atoms with Crippen molar-refractivity contribution in [2.75, 3.05) is 0 Å². The van der Waals surface area contributed by atoms with Crippen molar-refractivity contribution in [1.29, 1.82) is 0 Å². The maximum Gasteiger partial charge on any atom is 0.307 e. The van der Waals surface area contributed by atoms with Crippen LogP contribution in [0, 0.1) is 20.8 Å². The van der Waals surface area contributed by atoms with Crippen LogP contribution in [0.2, 0.25) is 0 Å². The van der Waals surface area contributed by atoms with E-state index in [0.717, 1.165) is 22.5 Å². The number of hydrogen-bond donors (Lipinski definition) is 0. The second-order valence-electron chi connectivity index (χ2n) is 4.47. The van der Waals surface area contributed by atoms with Gasteiger partial charge in [0.2, 0.25) is 0 Å². The number of aromatic nitrogens is 1. The molecule has 1 heterocycles. The molecule has 1 aromatic heterocycles. The molecule has 2 aromatic rings. The van der Waals surface area contributed by atoms with Gasteiger partial charge < -0.3 is 0 Å². The quantitative estimate of drug-likeness (QED) is 0.797. The fourth-order valence-electron chi connectivity index (χ4n) is 1.91. The summed E-state index contributed by atoms with van der Waals surface area (Å²) in [6.45, 7) is 6.06. The van der Waals surface area contributed by atoms with E-state index in [4.69, 9.17) is 0 Å². The number of carbonyl (C=O) groups excluding carboxylic acids is 1. The van der Waals surface area contributed by atoms with Crippen molar-refractivity contribution in [3.63, 3.8) is 0 Å². The number of ketones is 1. The highest BCUT2D eigenvalue weighted by molar-refractivity contribution is 7.07. The molecule has 1 aromatic carbocycles. The average Bonchev–Trinajstić information content (AvgIpc) is 2.69. The molecule has 94 valence electrons. The van der Waals surface area contributed by atoms with Crippen molar-refractivity contribution >= 4 is 17.1 Å². The highest BCUT2D eigenvalue weighted by Crippen LogP contribution is 2.16. The Labute approximate surface area is 110 Å². The normalized spacial score (nSPS) is 10.6. The summed E-state index contributed by atoms with van der Waals surface area (Å²) in [6, 6.07) is 3.92. The molecule has 0 unspecified atom stereocenters. The Morgan fingerprint density at radius 2 is 1.83 bits per heavy atom. The lowest BCUT2D eigenvalue weighted by atomic mass is 9.98. The molecule has 0 saturated heterocycles. The second-order valence-corrected chi connectivity index (χ2v) is 5.33. The lowest BCUT2D eigenvalue weighted by Gasteiger charge is -2.09. The lowest BCUT2D eigenvalue weighted by Crippen LogP contribution is -2.19. The van der Waals surface area contributed by atoms with Crippen LogP contribution in [-0.4, -0.2) is 10.4 Å². The zero-order valence-electron chi connectivity index (χ0n) is 10.7. The van der Waals surface area contributed by atoms with Gasteiger partial charge in [0, 0.05) is 17.1 Å². The van der Waals surface area contributed by atoms with E-state index in [-0.39, 0.29) is 17.2 Å². The molecule has 0 spiro atoms. The summed E-state index contributed by atoms with van der Waals surface area (Å²) < 4.78 is 1.45. The van der Waals surface area contributed by atoms with E-state index in [2.05, 4.69) is 0 Å². The van der Waals surface area contributed by atoms with E-state index in [1.807, 2.05) is 32.9 Å². The minimum atomic E-state index is -0.0927. The van der Waals surface area contributed by atoms with Crippen LogP contribution in [0.25, 0.3) is 0 Å². The maximum atomic E-state index is 12.2. The molecule has 0 saturated carbocycles. The summed E-state index contributed by atoms with van der Waals surface area (Å²) in [5, 5.41) is 1.70. The second kappa shape index (κ2) is 4.90. The Hall–Kier alpha value is -1.68. The van der Waals surface area contributed by atoms with Crippen molar-refractivity contribution in [2.24, 2.45) is 0 Å². The topological polar surface area (TPSA) is 39.1 Å². The molecule has 0 atom stereocenters. The molecule has 18 heavy (non-hydrogen) atoms. The lowest BCUT2D eigenvalue weighted by molar-refractivity contribution is 0.0971. The third-order valence-corrected chi connectivity index (χ3v) is 3.79. The Balaban J connectivity index is 2.32. The van der Waals surface area contributed by atoms with Gasteiger partial charge in [-0.05, 0) is 43.5 Å². The Bertz CT molecular complexity index is 652. The predicted octanol–water partition coefficient (Wildman–Crippen LogP) is 2.72. The largest absolute Gasteiger partial charge is 0.307 e. The molecular weight excluding hydrogens is 246 g/mol. The van der Waals surface area contributed by atoms with Crippen LogP contribution in [-0.2, 0) is 6.54 Å². The van der Waals surface area contributed by atoms with Crippen LogP contribution >= 0.6 is 11.3 Å². The Kier molecular flexibility index (Phi) is 3.48. The molecule has 3 nitrogen and oxygen atoms in total. The first-order chi connectivity index (χ1) is 8.49. The van der Waals surface area contributed by atoms with Crippen molar-refractivity contribution in [2.45, 2.75) is 27.3 Å². The van der Waals surface area contributed by atoms with E-state index in [9.17, 15) is 9.59 Å². The van der Waals surface area contributed by atoms with Gasteiger partial charge in [0.25, 0.3) is 0 Å². The van der Waals surface area contributed by atoms with Crippen LogP contribution in [0.4, 0.5) is 0 Å². The van der Waals surface area contributed by atoms with Gasteiger partial charge in [-0.2, -0.15) is 0 Å². The predicted molar refractivity (Wildman–Crippen MR) is 73.6 cm³/mol. The number of thiazole rings is 1. The van der Waals surface area contributed by atoms with Crippen molar-refractivity contribution in [3.8, 4) is 0 Å². The monoisotopic (exact) mass is 261 g/mol. The van der Waals surface area contributed by atoms with Crippen molar-refractivity contribution in [3.05, 3.63) is 55.6 Å². The third kappa shape index (κ3) is 2.43. The standard InChI is InChI=1S/C14H15NO2S/c1-9-6-11(3)12(7-10(9)2)13(16)8-15-4-5-18-14(15)17/h4-7H,8H2,1-3H3. The smallest absolute Gasteiger partial charge is 0.298 e. The highest BCUT2D eigenvalue weighted by atomic mass is 32.1. The maximum absolute atomic E-state index is 12.2. The first-order valence-corrected chi connectivity index (χ1v) is 6.62. The summed E-state index contributed by atoms with van der Waals surface area (Å²) >= 11 is 1.11. The molecule has 0 aliphatic rings. The van der Waals surface area contributed by atoms with Crippen LogP contribution < -0.4 is 4.87 Å². The Morgan fingerprint density at radius 3 is 2.44 bits per heavy atom. The molecule has 0 radical (unpaired) electrons. The van der Waals surface area contributed by atoms with E-state index in [1.165, 1.54) is 10.1 Å². The van der Waals surface area contributed by atoms with E-state index in [1.54, 1.807) is 11.6 Å². The zero-order chi connectivity index (χ0) is 13.3. The molecule has 2 rings (SSSR count). The van der Waals surface area contributed by atoms with Gasteiger partial charge in [0.05, 0.1) is 6.54 Å². The van der Waals surface area contributed by atoms with Crippen molar-refractivity contribution in [1.82, 2.24) is 4.57 Å². The molecule has 0 aliphatic carbocycles. The van der Waals surface area contributed by atoms with Gasteiger partial charge in [-0.25, -0.2) is 0 Å². The summed E-state index contributed by atoms with van der Waals surface area (Å²) in [6.07, 6.45) is 1.65.